The van der Waals surface area contributed by atoms with Crippen LogP contribution in [0.2, 0.25) is 0 Å². The van der Waals surface area contributed by atoms with Crippen LogP contribution in [0.25, 0.3) is 6.08 Å². The number of benzene rings is 1. The zero-order valence-electron chi connectivity index (χ0n) is 10.5. The Morgan fingerprint density at radius 2 is 1.89 bits per heavy atom. The van der Waals surface area contributed by atoms with Crippen molar-refractivity contribution in [3.05, 3.63) is 53.5 Å². The molecule has 0 amide bonds. The quantitative estimate of drug-likeness (QED) is 0.608. The fraction of sp³-hybridized carbons (Fsp3) is 0.286. The summed E-state index contributed by atoms with van der Waals surface area (Å²) in [7, 11) is -3.29. The number of hydrogen-bond donors (Lipinski definition) is 1. The zero-order chi connectivity index (χ0) is 13.3. The van der Waals surface area contributed by atoms with Crippen molar-refractivity contribution in [1.29, 1.82) is 0 Å². The van der Waals surface area contributed by atoms with Gasteiger partial charge in [0, 0.05) is 12.0 Å². The zero-order valence-corrected chi connectivity index (χ0v) is 11.4. The van der Waals surface area contributed by atoms with E-state index in [0.29, 0.717) is 6.54 Å². The van der Waals surface area contributed by atoms with Gasteiger partial charge in [-0.3, -0.25) is 0 Å². The molecule has 4 heteroatoms. The van der Waals surface area contributed by atoms with Crippen LogP contribution in [0.3, 0.4) is 0 Å². The highest BCUT2D eigenvalue weighted by Crippen LogP contribution is 2.01. The molecule has 98 valence electrons. The molecule has 0 bridgehead atoms. The highest BCUT2D eigenvalue weighted by Gasteiger charge is 2.01. The van der Waals surface area contributed by atoms with Gasteiger partial charge in [-0.2, -0.15) is 0 Å². The highest BCUT2D eigenvalue weighted by molar-refractivity contribution is 7.92. The third-order valence-electron chi connectivity index (χ3n) is 2.29. The SMILES string of the molecule is CCCCNS(=O)(=O)/C=C/C=C/c1ccccc1. The van der Waals surface area contributed by atoms with Crippen molar-refractivity contribution in [2.24, 2.45) is 0 Å². The molecule has 0 aliphatic heterocycles. The van der Waals surface area contributed by atoms with Gasteiger partial charge in [0.1, 0.15) is 0 Å². The molecule has 1 rings (SSSR count). The summed E-state index contributed by atoms with van der Waals surface area (Å²) in [4.78, 5) is 0. The highest BCUT2D eigenvalue weighted by atomic mass is 32.2. The molecule has 3 nitrogen and oxygen atoms in total. The van der Waals surface area contributed by atoms with E-state index in [1.54, 1.807) is 6.08 Å². The Kier molecular flexibility index (Phi) is 6.39. The number of allylic oxidation sites excluding steroid dienone is 2. The van der Waals surface area contributed by atoms with Crippen LogP contribution in [0, 0.1) is 0 Å². The number of sulfonamides is 1. The van der Waals surface area contributed by atoms with Gasteiger partial charge in [-0.1, -0.05) is 55.8 Å². The van der Waals surface area contributed by atoms with Gasteiger partial charge in [0.2, 0.25) is 10.0 Å². The van der Waals surface area contributed by atoms with Gasteiger partial charge in [0.15, 0.2) is 0 Å². The van der Waals surface area contributed by atoms with E-state index in [1.165, 1.54) is 11.5 Å². The molecule has 0 aromatic heterocycles. The van der Waals surface area contributed by atoms with Crippen molar-refractivity contribution >= 4 is 16.1 Å². The first kappa shape index (κ1) is 14.7. The molecule has 0 atom stereocenters. The summed E-state index contributed by atoms with van der Waals surface area (Å²) in [5, 5.41) is 1.18. The predicted molar refractivity (Wildman–Crippen MR) is 76.4 cm³/mol. The lowest BCUT2D eigenvalue weighted by atomic mass is 10.2. The third-order valence-corrected chi connectivity index (χ3v) is 3.41. The molecule has 1 aromatic carbocycles. The van der Waals surface area contributed by atoms with Gasteiger partial charge >= 0.3 is 0 Å². The van der Waals surface area contributed by atoms with Crippen molar-refractivity contribution in [3.8, 4) is 0 Å². The predicted octanol–water partition coefficient (Wildman–Crippen LogP) is 2.93. The summed E-state index contributed by atoms with van der Waals surface area (Å²) in [6.45, 7) is 2.51. The molecule has 0 aliphatic carbocycles. The van der Waals surface area contributed by atoms with Crippen LogP contribution in [-0.4, -0.2) is 15.0 Å². The first-order valence-corrected chi connectivity index (χ1v) is 7.58. The number of hydrogen-bond acceptors (Lipinski definition) is 2. The molecule has 0 fully saturated rings. The molecule has 18 heavy (non-hydrogen) atoms. The smallest absolute Gasteiger partial charge is 0.212 e. The van der Waals surface area contributed by atoms with Crippen LogP contribution >= 0.6 is 0 Å². The summed E-state index contributed by atoms with van der Waals surface area (Å²) >= 11 is 0. The van der Waals surface area contributed by atoms with Gasteiger partial charge in [0.25, 0.3) is 0 Å². The Hall–Kier alpha value is -1.39. The fourth-order valence-corrected chi connectivity index (χ4v) is 2.14. The molecule has 0 unspecified atom stereocenters. The molecule has 0 saturated heterocycles. The second-order valence-electron chi connectivity index (χ2n) is 3.89. The van der Waals surface area contributed by atoms with Crippen molar-refractivity contribution in [3.63, 3.8) is 0 Å². The Labute approximate surface area is 109 Å². The second kappa shape index (κ2) is 7.84. The average Bonchev–Trinajstić information content (AvgIpc) is 2.36. The lowest BCUT2D eigenvalue weighted by molar-refractivity contribution is 0.587. The molecule has 0 saturated carbocycles. The van der Waals surface area contributed by atoms with Gasteiger partial charge in [-0.05, 0) is 18.1 Å². The summed E-state index contributed by atoms with van der Waals surface area (Å²) in [6.07, 6.45) is 6.93. The van der Waals surface area contributed by atoms with Crippen LogP contribution in [0.1, 0.15) is 25.3 Å². The number of nitrogens with one attached hydrogen (secondary N) is 1. The van der Waals surface area contributed by atoms with Crippen molar-refractivity contribution in [1.82, 2.24) is 4.72 Å². The van der Waals surface area contributed by atoms with E-state index >= 15 is 0 Å². The van der Waals surface area contributed by atoms with E-state index in [-0.39, 0.29) is 0 Å². The van der Waals surface area contributed by atoms with Crippen molar-refractivity contribution in [2.75, 3.05) is 6.54 Å². The lowest BCUT2D eigenvalue weighted by Gasteiger charge is -1.99. The first-order chi connectivity index (χ1) is 8.64. The Morgan fingerprint density at radius 3 is 2.56 bits per heavy atom. The Balaban J connectivity index is 2.47. The topological polar surface area (TPSA) is 46.2 Å². The number of rotatable bonds is 7. The third kappa shape index (κ3) is 6.37. The normalized spacial score (nSPS) is 12.5. The molecule has 0 heterocycles. The maximum atomic E-state index is 11.5. The van der Waals surface area contributed by atoms with E-state index in [4.69, 9.17) is 0 Å². The van der Waals surface area contributed by atoms with Gasteiger partial charge in [0.05, 0.1) is 0 Å². The van der Waals surface area contributed by atoms with Crippen LogP contribution in [-0.2, 0) is 10.0 Å². The molecule has 0 spiro atoms. The molecule has 1 aromatic rings. The summed E-state index contributed by atoms with van der Waals surface area (Å²) < 4.78 is 25.5. The van der Waals surface area contributed by atoms with Gasteiger partial charge in [-0.25, -0.2) is 13.1 Å². The summed E-state index contributed by atoms with van der Waals surface area (Å²) in [5.74, 6) is 0. The van der Waals surface area contributed by atoms with Crippen molar-refractivity contribution in [2.45, 2.75) is 19.8 Å². The molecular formula is C14H19NO2S. The Morgan fingerprint density at radius 1 is 1.17 bits per heavy atom. The van der Waals surface area contributed by atoms with Crippen molar-refractivity contribution < 1.29 is 8.42 Å². The minimum Gasteiger partial charge on any atom is -0.212 e. The largest absolute Gasteiger partial charge is 0.233 e. The fourth-order valence-electron chi connectivity index (χ4n) is 1.32. The van der Waals surface area contributed by atoms with E-state index in [1.807, 2.05) is 43.3 Å². The van der Waals surface area contributed by atoms with Crippen LogP contribution < -0.4 is 4.72 Å². The van der Waals surface area contributed by atoms with Gasteiger partial charge in [-0.15, -0.1) is 0 Å². The maximum Gasteiger partial charge on any atom is 0.233 e. The van der Waals surface area contributed by atoms with Crippen LogP contribution in [0.5, 0.6) is 0 Å². The van der Waals surface area contributed by atoms with Crippen LogP contribution in [0.15, 0.2) is 47.9 Å². The standard InChI is InChI=1S/C14H19NO2S/c1-2-3-12-15-18(16,17)13-8-7-11-14-9-5-4-6-10-14/h4-11,13,15H,2-3,12H2,1H3/b11-7+,13-8+. The maximum absolute atomic E-state index is 11.5. The molecule has 0 radical (unpaired) electrons. The van der Waals surface area contributed by atoms with E-state index < -0.39 is 10.0 Å². The molecule has 0 aliphatic rings. The second-order valence-corrected chi connectivity index (χ2v) is 5.54. The molecule has 1 N–H and O–H groups in total. The number of unbranched alkanes of at least 4 members (excludes halogenated alkanes) is 1. The van der Waals surface area contributed by atoms with E-state index in [9.17, 15) is 8.42 Å². The average molecular weight is 265 g/mol. The lowest BCUT2D eigenvalue weighted by Crippen LogP contribution is -2.22. The minimum atomic E-state index is -3.29. The van der Waals surface area contributed by atoms with Crippen LogP contribution in [0.4, 0.5) is 0 Å². The first-order valence-electron chi connectivity index (χ1n) is 6.03. The summed E-state index contributed by atoms with van der Waals surface area (Å²) in [5.41, 5.74) is 1.04. The monoisotopic (exact) mass is 265 g/mol. The molecular weight excluding hydrogens is 246 g/mol. The van der Waals surface area contributed by atoms with Gasteiger partial charge < -0.3 is 0 Å². The minimum absolute atomic E-state index is 0.492. The summed E-state index contributed by atoms with van der Waals surface area (Å²) in [6, 6.07) is 9.73. The Bertz CT molecular complexity index is 490. The van der Waals surface area contributed by atoms with E-state index in [0.717, 1.165) is 18.4 Å². The van der Waals surface area contributed by atoms with E-state index in [2.05, 4.69) is 4.72 Å².